The van der Waals surface area contributed by atoms with E-state index in [9.17, 15) is 0 Å². The Morgan fingerprint density at radius 1 is 1.62 bits per heavy atom. The maximum absolute atomic E-state index is 5.06. The molecule has 8 heavy (non-hydrogen) atoms. The molecule has 0 saturated heterocycles. The molecule has 0 aliphatic heterocycles. The fourth-order valence-electron chi connectivity index (χ4n) is 0.530. The average molecular weight is 107 g/mol. The minimum atomic E-state index is 0.711. The molecule has 1 heterocycles. The number of hydrogen-bond donors (Lipinski definition) is 0. The number of rotatable bonds is 1. The molecular formula is C7H7O. The van der Waals surface area contributed by atoms with Crippen LogP contribution in [0.1, 0.15) is 11.5 Å². The Morgan fingerprint density at radius 2 is 2.38 bits per heavy atom. The normalized spacial score (nSPS) is 9.12. The molecule has 1 heteroatoms. The second kappa shape index (κ2) is 1.86. The van der Waals surface area contributed by atoms with Crippen LogP contribution in [0.5, 0.6) is 0 Å². The summed E-state index contributed by atoms with van der Waals surface area (Å²) in [6, 6.07) is 3.72. The molecule has 0 unspecified atom stereocenters. The van der Waals surface area contributed by atoms with E-state index < -0.39 is 0 Å². The summed E-state index contributed by atoms with van der Waals surface area (Å²) >= 11 is 0. The maximum Gasteiger partial charge on any atom is 0.134 e. The van der Waals surface area contributed by atoms with E-state index in [4.69, 9.17) is 4.42 Å². The van der Waals surface area contributed by atoms with Crippen LogP contribution in [0.25, 0.3) is 0 Å². The largest absolute Gasteiger partial charge is 0.461 e. The van der Waals surface area contributed by atoms with Gasteiger partial charge in [-0.2, -0.15) is 0 Å². The second-order valence-electron chi connectivity index (χ2n) is 1.59. The van der Waals surface area contributed by atoms with E-state index in [1.54, 1.807) is 0 Å². The van der Waals surface area contributed by atoms with Gasteiger partial charge in [0.2, 0.25) is 0 Å². The fourth-order valence-corrected chi connectivity index (χ4v) is 0.530. The lowest BCUT2D eigenvalue weighted by Crippen LogP contribution is -1.57. The highest BCUT2D eigenvalue weighted by Gasteiger charge is 1.89. The third-order valence-corrected chi connectivity index (χ3v) is 0.915. The lowest BCUT2D eigenvalue weighted by atomic mass is 10.4. The van der Waals surface area contributed by atoms with Gasteiger partial charge in [-0.3, -0.25) is 0 Å². The number of aryl methyl sites for hydroxylation is 1. The van der Waals surface area contributed by atoms with Crippen LogP contribution in [0.4, 0.5) is 0 Å². The first kappa shape index (κ1) is 5.16. The molecule has 1 rings (SSSR count). The van der Waals surface area contributed by atoms with E-state index in [0.29, 0.717) is 5.76 Å². The summed E-state index contributed by atoms with van der Waals surface area (Å²) in [4.78, 5) is 0. The first-order valence-corrected chi connectivity index (χ1v) is 2.42. The van der Waals surface area contributed by atoms with Crippen LogP contribution in [0.3, 0.4) is 0 Å². The fraction of sp³-hybridized carbons (Fsp3) is 0.143. The zero-order valence-corrected chi connectivity index (χ0v) is 4.77. The van der Waals surface area contributed by atoms with Crippen molar-refractivity contribution in [3.05, 3.63) is 36.3 Å². The van der Waals surface area contributed by atoms with Gasteiger partial charge in [-0.25, -0.2) is 0 Å². The van der Waals surface area contributed by atoms with Crippen LogP contribution in [0, 0.1) is 13.0 Å². The van der Waals surface area contributed by atoms with Gasteiger partial charge in [0, 0.05) is 6.08 Å². The summed E-state index contributed by atoms with van der Waals surface area (Å²) in [6.07, 6.45) is 2.63. The van der Waals surface area contributed by atoms with Crippen molar-refractivity contribution in [3.63, 3.8) is 0 Å². The van der Waals surface area contributed by atoms with Crippen LogP contribution in [0.15, 0.2) is 23.1 Å². The van der Waals surface area contributed by atoms with Gasteiger partial charge in [0.05, 0.1) is 0 Å². The number of hydrogen-bond acceptors (Lipinski definition) is 1. The van der Waals surface area contributed by atoms with E-state index in [0.717, 1.165) is 5.76 Å². The van der Waals surface area contributed by atoms with Gasteiger partial charge in [-0.05, 0) is 19.1 Å². The molecule has 0 spiro atoms. The van der Waals surface area contributed by atoms with Gasteiger partial charge in [0.1, 0.15) is 11.5 Å². The number of furan rings is 1. The first-order valence-electron chi connectivity index (χ1n) is 2.42. The summed E-state index contributed by atoms with van der Waals surface area (Å²) in [6.45, 7) is 5.32. The Balaban J connectivity index is 3.00. The maximum atomic E-state index is 5.06. The topological polar surface area (TPSA) is 13.1 Å². The van der Waals surface area contributed by atoms with E-state index in [-0.39, 0.29) is 0 Å². The lowest BCUT2D eigenvalue weighted by molar-refractivity contribution is 0.515. The zero-order valence-electron chi connectivity index (χ0n) is 4.77. The summed E-state index contributed by atoms with van der Waals surface area (Å²) < 4.78 is 5.06. The molecule has 0 saturated carbocycles. The van der Waals surface area contributed by atoms with E-state index >= 15 is 0 Å². The molecule has 0 aliphatic rings. The van der Waals surface area contributed by atoms with E-state index in [1.807, 2.05) is 19.1 Å². The predicted octanol–water partition coefficient (Wildman–Crippen LogP) is 1.93. The first-order chi connectivity index (χ1) is 3.83. The molecule has 0 aromatic carbocycles. The third-order valence-electron chi connectivity index (χ3n) is 0.915. The molecule has 1 aromatic heterocycles. The van der Waals surface area contributed by atoms with Crippen LogP contribution in [-0.2, 0) is 0 Å². The summed E-state index contributed by atoms with van der Waals surface area (Å²) in [5, 5.41) is 0. The standard InChI is InChI=1S/C7H7O/c1-3-7-5-4-6(2)8-7/h4-5H,1H2,2H3. The molecule has 0 bridgehead atoms. The highest BCUT2D eigenvalue weighted by atomic mass is 16.3. The molecule has 1 aromatic rings. The van der Waals surface area contributed by atoms with Crippen molar-refractivity contribution in [2.24, 2.45) is 0 Å². The lowest BCUT2D eigenvalue weighted by Gasteiger charge is -1.77. The minimum Gasteiger partial charge on any atom is -0.461 e. The van der Waals surface area contributed by atoms with Gasteiger partial charge >= 0.3 is 0 Å². The van der Waals surface area contributed by atoms with Crippen molar-refractivity contribution in [1.82, 2.24) is 0 Å². The van der Waals surface area contributed by atoms with E-state index in [1.165, 1.54) is 0 Å². The van der Waals surface area contributed by atoms with Crippen molar-refractivity contribution < 1.29 is 4.42 Å². The quantitative estimate of drug-likeness (QED) is 0.534. The molecule has 0 N–H and O–H groups in total. The summed E-state index contributed by atoms with van der Waals surface area (Å²) in [7, 11) is 0. The Hall–Kier alpha value is -0.980. The van der Waals surface area contributed by atoms with Gasteiger partial charge in [0.25, 0.3) is 0 Å². The molecule has 41 valence electrons. The smallest absolute Gasteiger partial charge is 0.134 e. The van der Waals surface area contributed by atoms with Gasteiger partial charge in [0.15, 0.2) is 0 Å². The summed E-state index contributed by atoms with van der Waals surface area (Å²) in [5.41, 5.74) is 0. The molecular weight excluding hydrogens is 100 g/mol. The van der Waals surface area contributed by atoms with Crippen molar-refractivity contribution >= 4 is 0 Å². The van der Waals surface area contributed by atoms with Crippen molar-refractivity contribution in [3.8, 4) is 0 Å². The van der Waals surface area contributed by atoms with Crippen molar-refractivity contribution in [2.75, 3.05) is 0 Å². The highest BCUT2D eigenvalue weighted by molar-refractivity contribution is 5.10. The molecule has 0 aliphatic carbocycles. The van der Waals surface area contributed by atoms with Gasteiger partial charge < -0.3 is 4.42 Å². The summed E-state index contributed by atoms with van der Waals surface area (Å²) in [5.74, 6) is 1.61. The SMILES string of the molecule is C=[C]c1ccc(C)o1. The van der Waals surface area contributed by atoms with Gasteiger partial charge in [-0.1, -0.05) is 6.58 Å². The van der Waals surface area contributed by atoms with Crippen LogP contribution in [-0.4, -0.2) is 0 Å². The third kappa shape index (κ3) is 0.808. The molecule has 1 nitrogen and oxygen atoms in total. The average Bonchev–Trinajstić information content (AvgIpc) is 2.14. The van der Waals surface area contributed by atoms with Crippen molar-refractivity contribution in [1.29, 1.82) is 0 Å². The molecule has 0 atom stereocenters. The molecule has 0 amide bonds. The van der Waals surface area contributed by atoms with Gasteiger partial charge in [-0.15, -0.1) is 0 Å². The minimum absolute atomic E-state index is 0.711. The Bertz CT molecular complexity index is 186. The Labute approximate surface area is 48.6 Å². The van der Waals surface area contributed by atoms with Crippen LogP contribution >= 0.6 is 0 Å². The second-order valence-corrected chi connectivity index (χ2v) is 1.59. The van der Waals surface area contributed by atoms with E-state index in [2.05, 4.69) is 12.7 Å². The highest BCUT2D eigenvalue weighted by Crippen LogP contribution is 2.04. The Kier molecular flexibility index (Phi) is 1.20. The Morgan fingerprint density at radius 3 is 2.62 bits per heavy atom. The monoisotopic (exact) mass is 107 g/mol. The molecule has 1 radical (unpaired) electrons. The zero-order chi connectivity index (χ0) is 5.98. The van der Waals surface area contributed by atoms with Crippen LogP contribution < -0.4 is 0 Å². The van der Waals surface area contributed by atoms with Crippen LogP contribution in [0.2, 0.25) is 0 Å². The molecule has 0 fully saturated rings. The van der Waals surface area contributed by atoms with Crippen molar-refractivity contribution in [2.45, 2.75) is 6.92 Å². The predicted molar refractivity (Wildman–Crippen MR) is 31.4 cm³/mol.